The summed E-state index contributed by atoms with van der Waals surface area (Å²) in [6.07, 6.45) is 6.80. The van der Waals surface area contributed by atoms with Crippen LogP contribution in [0, 0.1) is 0 Å². The summed E-state index contributed by atoms with van der Waals surface area (Å²) in [6, 6.07) is 8.04. The lowest BCUT2D eigenvalue weighted by Gasteiger charge is -2.12. The molecular formula is C13H15N. The number of nitrogen functional groups attached to an aromatic ring is 1. The van der Waals surface area contributed by atoms with Crippen molar-refractivity contribution in [3.63, 3.8) is 0 Å². The van der Waals surface area contributed by atoms with E-state index in [1.54, 1.807) is 0 Å². The predicted octanol–water partition coefficient (Wildman–Crippen LogP) is 3.39. The average molecular weight is 185 g/mol. The minimum atomic E-state index is 0.865. The summed E-state index contributed by atoms with van der Waals surface area (Å²) in [7, 11) is 0. The molecule has 0 spiro atoms. The molecule has 0 heterocycles. The molecule has 0 aromatic heterocycles. The molecule has 0 atom stereocenters. The monoisotopic (exact) mass is 185 g/mol. The average Bonchev–Trinajstić information content (AvgIpc) is 2.18. The van der Waals surface area contributed by atoms with Gasteiger partial charge in [0.25, 0.3) is 0 Å². The van der Waals surface area contributed by atoms with Crippen LogP contribution >= 0.6 is 0 Å². The summed E-state index contributed by atoms with van der Waals surface area (Å²) < 4.78 is 0. The number of allylic oxidation sites excluding steroid dienone is 4. The fourth-order valence-corrected chi connectivity index (χ4v) is 1.80. The van der Waals surface area contributed by atoms with E-state index >= 15 is 0 Å². The van der Waals surface area contributed by atoms with Crippen LogP contribution in [0.2, 0.25) is 0 Å². The molecular weight excluding hydrogens is 170 g/mol. The summed E-state index contributed by atoms with van der Waals surface area (Å²) in [5.41, 5.74) is 10.7. The van der Waals surface area contributed by atoms with Gasteiger partial charge in [-0.2, -0.15) is 0 Å². The van der Waals surface area contributed by atoms with Crippen LogP contribution in [0.15, 0.2) is 42.0 Å². The Morgan fingerprint density at radius 2 is 2.00 bits per heavy atom. The molecule has 1 nitrogen and oxygen atoms in total. The molecule has 1 aliphatic carbocycles. The maximum Gasteiger partial charge on any atom is 0.0393 e. The molecule has 0 saturated heterocycles. The maximum absolute atomic E-state index is 5.93. The minimum absolute atomic E-state index is 0.865. The van der Waals surface area contributed by atoms with Gasteiger partial charge in [-0.1, -0.05) is 35.9 Å². The second-order valence-corrected chi connectivity index (χ2v) is 3.78. The Labute approximate surface area is 84.9 Å². The predicted molar refractivity (Wildman–Crippen MR) is 61.8 cm³/mol. The fourth-order valence-electron chi connectivity index (χ4n) is 1.80. The number of benzene rings is 1. The Hall–Kier alpha value is -1.50. The van der Waals surface area contributed by atoms with Gasteiger partial charge in [-0.25, -0.2) is 0 Å². The molecule has 14 heavy (non-hydrogen) atoms. The fraction of sp³-hybridized carbons (Fsp3) is 0.231. The highest BCUT2D eigenvalue weighted by atomic mass is 14.6. The normalized spacial score (nSPS) is 16.1. The third kappa shape index (κ3) is 1.72. The van der Waals surface area contributed by atoms with Crippen LogP contribution in [0.25, 0.3) is 5.57 Å². The molecule has 0 radical (unpaired) electrons. The van der Waals surface area contributed by atoms with E-state index in [1.165, 1.54) is 17.6 Å². The van der Waals surface area contributed by atoms with Crippen molar-refractivity contribution in [3.05, 3.63) is 47.6 Å². The van der Waals surface area contributed by atoms with Crippen molar-refractivity contribution in [1.29, 1.82) is 0 Å². The minimum Gasteiger partial charge on any atom is -0.398 e. The lowest BCUT2D eigenvalue weighted by molar-refractivity contribution is 0.966. The van der Waals surface area contributed by atoms with Gasteiger partial charge in [-0.05, 0) is 31.4 Å². The zero-order chi connectivity index (χ0) is 9.97. The van der Waals surface area contributed by atoms with Gasteiger partial charge in [-0.3, -0.25) is 0 Å². The second kappa shape index (κ2) is 3.70. The topological polar surface area (TPSA) is 26.0 Å². The molecule has 2 N–H and O–H groups in total. The Bertz CT molecular complexity index is 399. The van der Waals surface area contributed by atoms with Crippen molar-refractivity contribution in [3.8, 4) is 0 Å². The number of hydrogen-bond acceptors (Lipinski definition) is 1. The first kappa shape index (κ1) is 9.07. The highest BCUT2D eigenvalue weighted by Gasteiger charge is 2.06. The van der Waals surface area contributed by atoms with Crippen LogP contribution in [0.5, 0.6) is 0 Å². The zero-order valence-corrected chi connectivity index (χ0v) is 8.46. The van der Waals surface area contributed by atoms with Gasteiger partial charge >= 0.3 is 0 Å². The lowest BCUT2D eigenvalue weighted by atomic mass is 9.94. The first-order valence-corrected chi connectivity index (χ1v) is 4.99. The largest absolute Gasteiger partial charge is 0.398 e. The molecule has 1 heteroatoms. The van der Waals surface area contributed by atoms with Gasteiger partial charge in [0.2, 0.25) is 0 Å². The third-order valence-electron chi connectivity index (χ3n) is 2.58. The van der Waals surface area contributed by atoms with Crippen LogP contribution in [0.1, 0.15) is 25.3 Å². The number of anilines is 1. The SMILES string of the molecule is CC1=CC(c2ccccc2N)=CCC1. The Morgan fingerprint density at radius 3 is 2.71 bits per heavy atom. The molecule has 0 fully saturated rings. The van der Waals surface area contributed by atoms with E-state index in [1.807, 2.05) is 18.2 Å². The standard InChI is InChI=1S/C13H15N/c1-10-5-4-6-11(9-10)12-7-2-3-8-13(12)14/h2-3,6-9H,4-5,14H2,1H3. The Balaban J connectivity index is 2.41. The van der Waals surface area contributed by atoms with Gasteiger partial charge < -0.3 is 5.73 Å². The van der Waals surface area contributed by atoms with E-state index < -0.39 is 0 Å². The van der Waals surface area contributed by atoms with E-state index in [2.05, 4.69) is 25.1 Å². The summed E-state index contributed by atoms with van der Waals surface area (Å²) in [6.45, 7) is 2.17. The van der Waals surface area contributed by atoms with E-state index in [4.69, 9.17) is 5.73 Å². The number of para-hydroxylation sites is 1. The van der Waals surface area contributed by atoms with Crippen molar-refractivity contribution in [2.24, 2.45) is 0 Å². The smallest absolute Gasteiger partial charge is 0.0393 e. The quantitative estimate of drug-likeness (QED) is 0.667. The number of nitrogens with two attached hydrogens (primary N) is 1. The van der Waals surface area contributed by atoms with E-state index in [-0.39, 0.29) is 0 Å². The van der Waals surface area contributed by atoms with Crippen LogP contribution < -0.4 is 5.73 Å². The van der Waals surface area contributed by atoms with E-state index in [9.17, 15) is 0 Å². The highest BCUT2D eigenvalue weighted by molar-refractivity contribution is 5.82. The molecule has 0 saturated carbocycles. The van der Waals surface area contributed by atoms with Gasteiger partial charge in [0.05, 0.1) is 0 Å². The summed E-state index contributed by atoms with van der Waals surface area (Å²) in [5.74, 6) is 0. The summed E-state index contributed by atoms with van der Waals surface area (Å²) in [5, 5.41) is 0. The van der Waals surface area contributed by atoms with Crippen molar-refractivity contribution in [1.82, 2.24) is 0 Å². The second-order valence-electron chi connectivity index (χ2n) is 3.78. The van der Waals surface area contributed by atoms with Gasteiger partial charge in [0.1, 0.15) is 0 Å². The van der Waals surface area contributed by atoms with Crippen molar-refractivity contribution < 1.29 is 0 Å². The van der Waals surface area contributed by atoms with E-state index in [0.717, 1.165) is 17.7 Å². The molecule has 1 aromatic rings. The van der Waals surface area contributed by atoms with Gasteiger partial charge in [0.15, 0.2) is 0 Å². The third-order valence-corrected chi connectivity index (χ3v) is 2.58. The number of hydrogen-bond donors (Lipinski definition) is 1. The Kier molecular flexibility index (Phi) is 2.40. The van der Waals surface area contributed by atoms with Crippen LogP contribution in [-0.2, 0) is 0 Å². The maximum atomic E-state index is 5.93. The van der Waals surface area contributed by atoms with Gasteiger partial charge in [-0.15, -0.1) is 0 Å². The van der Waals surface area contributed by atoms with Crippen molar-refractivity contribution >= 4 is 11.3 Å². The molecule has 0 amide bonds. The first-order chi connectivity index (χ1) is 6.77. The molecule has 1 aliphatic rings. The van der Waals surface area contributed by atoms with Crippen molar-refractivity contribution in [2.75, 3.05) is 5.73 Å². The molecule has 0 aliphatic heterocycles. The van der Waals surface area contributed by atoms with Crippen molar-refractivity contribution in [2.45, 2.75) is 19.8 Å². The summed E-state index contributed by atoms with van der Waals surface area (Å²) >= 11 is 0. The van der Waals surface area contributed by atoms with Crippen LogP contribution in [0.3, 0.4) is 0 Å². The molecule has 0 unspecified atom stereocenters. The van der Waals surface area contributed by atoms with E-state index in [0.29, 0.717) is 0 Å². The zero-order valence-electron chi connectivity index (χ0n) is 8.46. The highest BCUT2D eigenvalue weighted by Crippen LogP contribution is 2.28. The summed E-state index contributed by atoms with van der Waals surface area (Å²) in [4.78, 5) is 0. The molecule has 1 aromatic carbocycles. The lowest BCUT2D eigenvalue weighted by Crippen LogP contribution is -1.95. The Morgan fingerprint density at radius 1 is 1.21 bits per heavy atom. The molecule has 0 bridgehead atoms. The first-order valence-electron chi connectivity index (χ1n) is 4.99. The van der Waals surface area contributed by atoms with Crippen LogP contribution in [-0.4, -0.2) is 0 Å². The molecule has 72 valence electrons. The van der Waals surface area contributed by atoms with Gasteiger partial charge in [0, 0.05) is 11.3 Å². The number of rotatable bonds is 1. The molecule has 2 rings (SSSR count). The van der Waals surface area contributed by atoms with Crippen LogP contribution in [0.4, 0.5) is 5.69 Å².